The van der Waals surface area contributed by atoms with Gasteiger partial charge in [0.2, 0.25) is 0 Å². The van der Waals surface area contributed by atoms with Crippen molar-refractivity contribution >= 4 is 11.4 Å². The van der Waals surface area contributed by atoms with E-state index < -0.39 is 12.0 Å². The van der Waals surface area contributed by atoms with E-state index in [9.17, 15) is 14.6 Å². The molecule has 0 amide bonds. The SMILES string of the molecule is CC(O)Nc1ccc(-c2cccc(-c3ccc(N4CCNCC4)cc3)c2O)cc1F. The number of hydrogen-bond donors (Lipinski definition) is 4. The van der Waals surface area contributed by atoms with Gasteiger partial charge in [0.15, 0.2) is 0 Å². The van der Waals surface area contributed by atoms with Gasteiger partial charge in [0.05, 0.1) is 5.69 Å². The van der Waals surface area contributed by atoms with E-state index in [4.69, 9.17) is 0 Å². The molecular formula is C24H26FN3O2. The molecule has 6 heteroatoms. The number of halogens is 1. The minimum Gasteiger partial charge on any atom is -0.507 e. The summed E-state index contributed by atoms with van der Waals surface area (Å²) in [5.41, 5.74) is 4.11. The van der Waals surface area contributed by atoms with Crippen molar-refractivity contribution in [3.8, 4) is 28.0 Å². The standard InChI is InChI=1S/C24H26FN3O2/c1-16(29)27-23-10-7-18(15-22(23)25)21-4-2-3-20(24(21)30)17-5-8-19(9-6-17)28-13-11-26-12-14-28/h2-10,15-16,26-27,29-30H,11-14H2,1H3. The average Bonchev–Trinajstić information content (AvgIpc) is 2.76. The third-order valence-electron chi connectivity index (χ3n) is 5.34. The van der Waals surface area contributed by atoms with Crippen LogP contribution >= 0.6 is 0 Å². The highest BCUT2D eigenvalue weighted by atomic mass is 19.1. The molecule has 30 heavy (non-hydrogen) atoms. The summed E-state index contributed by atoms with van der Waals surface area (Å²) in [7, 11) is 0. The van der Waals surface area contributed by atoms with Crippen LogP contribution in [-0.2, 0) is 0 Å². The van der Waals surface area contributed by atoms with Gasteiger partial charge >= 0.3 is 0 Å². The van der Waals surface area contributed by atoms with Gasteiger partial charge in [-0.2, -0.15) is 0 Å². The number of aliphatic hydroxyl groups is 1. The van der Waals surface area contributed by atoms with Crippen LogP contribution in [0.5, 0.6) is 5.75 Å². The monoisotopic (exact) mass is 407 g/mol. The van der Waals surface area contributed by atoms with Crippen LogP contribution < -0.4 is 15.5 Å². The van der Waals surface area contributed by atoms with E-state index in [-0.39, 0.29) is 11.4 Å². The van der Waals surface area contributed by atoms with Crippen molar-refractivity contribution in [1.82, 2.24) is 5.32 Å². The van der Waals surface area contributed by atoms with Crippen LogP contribution in [0.4, 0.5) is 15.8 Å². The van der Waals surface area contributed by atoms with E-state index >= 15 is 0 Å². The van der Waals surface area contributed by atoms with Crippen molar-refractivity contribution in [2.75, 3.05) is 36.4 Å². The second-order valence-electron chi connectivity index (χ2n) is 7.50. The fourth-order valence-electron chi connectivity index (χ4n) is 3.81. The van der Waals surface area contributed by atoms with Crippen molar-refractivity contribution in [3.63, 3.8) is 0 Å². The molecule has 1 fully saturated rings. The molecule has 0 saturated carbocycles. The Morgan fingerprint density at radius 2 is 1.60 bits per heavy atom. The van der Waals surface area contributed by atoms with Crippen LogP contribution in [0.1, 0.15) is 6.92 Å². The van der Waals surface area contributed by atoms with Gasteiger partial charge in [0.25, 0.3) is 0 Å². The maximum atomic E-state index is 14.4. The lowest BCUT2D eigenvalue weighted by atomic mass is 9.97. The van der Waals surface area contributed by atoms with Crippen LogP contribution in [0.3, 0.4) is 0 Å². The van der Waals surface area contributed by atoms with E-state index in [1.807, 2.05) is 24.3 Å². The lowest BCUT2D eigenvalue weighted by Gasteiger charge is -2.29. The molecule has 156 valence electrons. The molecule has 4 rings (SSSR count). The number of aliphatic hydroxyl groups excluding tert-OH is 1. The molecule has 1 aliphatic heterocycles. The predicted octanol–water partition coefficient (Wildman–Crippen LogP) is 4.03. The molecule has 3 aromatic rings. The zero-order valence-corrected chi connectivity index (χ0v) is 16.9. The van der Waals surface area contributed by atoms with Crippen molar-refractivity contribution in [2.45, 2.75) is 13.2 Å². The largest absolute Gasteiger partial charge is 0.507 e. The van der Waals surface area contributed by atoms with Crippen molar-refractivity contribution in [3.05, 3.63) is 66.5 Å². The first-order chi connectivity index (χ1) is 14.5. The van der Waals surface area contributed by atoms with Gasteiger partial charge in [-0.15, -0.1) is 0 Å². The fourth-order valence-corrected chi connectivity index (χ4v) is 3.81. The third-order valence-corrected chi connectivity index (χ3v) is 5.34. The number of phenols is 1. The first-order valence-corrected chi connectivity index (χ1v) is 10.2. The van der Waals surface area contributed by atoms with E-state index in [2.05, 4.69) is 27.7 Å². The molecule has 4 N–H and O–H groups in total. The number of piperazine rings is 1. The van der Waals surface area contributed by atoms with Gasteiger partial charge in [0.1, 0.15) is 17.8 Å². The van der Waals surface area contributed by atoms with E-state index in [1.54, 1.807) is 18.2 Å². The molecule has 0 aliphatic carbocycles. The van der Waals surface area contributed by atoms with Crippen LogP contribution in [0.2, 0.25) is 0 Å². The Bertz CT molecular complexity index is 1020. The molecular weight excluding hydrogens is 381 g/mol. The number of nitrogens with one attached hydrogen (secondary N) is 2. The first kappa shape index (κ1) is 20.2. The van der Waals surface area contributed by atoms with Gasteiger partial charge in [-0.1, -0.05) is 36.4 Å². The summed E-state index contributed by atoms with van der Waals surface area (Å²) in [6.07, 6.45) is -0.855. The Morgan fingerprint density at radius 1 is 0.967 bits per heavy atom. The summed E-state index contributed by atoms with van der Waals surface area (Å²) < 4.78 is 14.4. The predicted molar refractivity (Wildman–Crippen MR) is 119 cm³/mol. The highest BCUT2D eigenvalue weighted by molar-refractivity contribution is 5.83. The van der Waals surface area contributed by atoms with E-state index in [1.165, 1.54) is 18.7 Å². The average molecular weight is 407 g/mol. The summed E-state index contributed by atoms with van der Waals surface area (Å²) in [4.78, 5) is 2.34. The maximum absolute atomic E-state index is 14.4. The van der Waals surface area contributed by atoms with Crippen LogP contribution in [0, 0.1) is 5.82 Å². The molecule has 1 unspecified atom stereocenters. The Kier molecular flexibility index (Phi) is 5.88. The van der Waals surface area contributed by atoms with Gasteiger partial charge in [-0.3, -0.25) is 0 Å². The maximum Gasteiger partial charge on any atom is 0.146 e. The summed E-state index contributed by atoms with van der Waals surface area (Å²) in [5, 5.41) is 26.3. The lowest BCUT2D eigenvalue weighted by molar-refractivity contribution is 0.224. The minimum absolute atomic E-state index is 0.114. The highest BCUT2D eigenvalue weighted by Crippen LogP contribution is 2.39. The second-order valence-corrected chi connectivity index (χ2v) is 7.50. The van der Waals surface area contributed by atoms with Crippen molar-refractivity contribution < 1.29 is 14.6 Å². The molecule has 1 atom stereocenters. The quantitative estimate of drug-likeness (QED) is 0.481. The van der Waals surface area contributed by atoms with Crippen LogP contribution in [0.25, 0.3) is 22.3 Å². The summed E-state index contributed by atoms with van der Waals surface area (Å²) in [6.45, 7) is 5.44. The molecule has 1 heterocycles. The van der Waals surface area contributed by atoms with Crippen molar-refractivity contribution in [1.29, 1.82) is 0 Å². The Labute approximate surface area is 175 Å². The first-order valence-electron chi connectivity index (χ1n) is 10.2. The third kappa shape index (κ3) is 4.25. The fraction of sp³-hybridized carbons (Fsp3) is 0.250. The Morgan fingerprint density at radius 3 is 2.23 bits per heavy atom. The highest BCUT2D eigenvalue weighted by Gasteiger charge is 2.14. The molecule has 0 radical (unpaired) electrons. The second kappa shape index (κ2) is 8.73. The van der Waals surface area contributed by atoms with Crippen LogP contribution in [0.15, 0.2) is 60.7 Å². The van der Waals surface area contributed by atoms with Crippen molar-refractivity contribution in [2.24, 2.45) is 0 Å². The number of aromatic hydroxyl groups is 1. The summed E-state index contributed by atoms with van der Waals surface area (Å²) in [6, 6.07) is 18.3. The van der Waals surface area contributed by atoms with Gasteiger partial charge in [0, 0.05) is 43.0 Å². The molecule has 3 aromatic carbocycles. The summed E-state index contributed by atoms with van der Waals surface area (Å²) in [5.74, 6) is -0.373. The zero-order valence-electron chi connectivity index (χ0n) is 16.9. The van der Waals surface area contributed by atoms with Crippen LogP contribution in [-0.4, -0.2) is 42.6 Å². The number of benzene rings is 3. The normalized spacial score (nSPS) is 15.1. The molecule has 0 aromatic heterocycles. The molecule has 1 aliphatic rings. The lowest BCUT2D eigenvalue weighted by Crippen LogP contribution is -2.43. The van der Waals surface area contributed by atoms with Gasteiger partial charge in [-0.05, 0) is 42.3 Å². The number of anilines is 2. The molecule has 0 bridgehead atoms. The summed E-state index contributed by atoms with van der Waals surface area (Å²) >= 11 is 0. The van der Waals surface area contributed by atoms with Gasteiger partial charge < -0.3 is 25.7 Å². The van der Waals surface area contributed by atoms with E-state index in [0.717, 1.165) is 31.7 Å². The molecule has 5 nitrogen and oxygen atoms in total. The Hall–Kier alpha value is -3.09. The smallest absolute Gasteiger partial charge is 0.146 e. The molecule has 0 spiro atoms. The van der Waals surface area contributed by atoms with Gasteiger partial charge in [-0.25, -0.2) is 4.39 Å². The number of para-hydroxylation sites is 1. The topological polar surface area (TPSA) is 67.8 Å². The number of nitrogens with zero attached hydrogens (tertiary/aromatic N) is 1. The minimum atomic E-state index is -0.855. The van der Waals surface area contributed by atoms with E-state index in [0.29, 0.717) is 16.7 Å². The number of rotatable bonds is 5. The molecule has 1 saturated heterocycles. The number of phenolic OH excluding ortho intramolecular Hbond substituents is 1. The number of hydrogen-bond acceptors (Lipinski definition) is 5. The Balaban J connectivity index is 1.62. The zero-order chi connectivity index (χ0) is 21.1.